The second kappa shape index (κ2) is 10.1. The highest BCUT2D eigenvalue weighted by molar-refractivity contribution is 6.07. The Morgan fingerprint density at radius 2 is 1.62 bits per heavy atom. The molecule has 1 heterocycles. The summed E-state index contributed by atoms with van der Waals surface area (Å²) in [6.07, 6.45) is 0. The van der Waals surface area contributed by atoms with Gasteiger partial charge in [-0.3, -0.25) is 4.79 Å². The van der Waals surface area contributed by atoms with E-state index in [-0.39, 0.29) is 11.4 Å². The van der Waals surface area contributed by atoms with Gasteiger partial charge >= 0.3 is 12.6 Å². The summed E-state index contributed by atoms with van der Waals surface area (Å²) in [6, 6.07) is 22.4. The second-order valence-corrected chi connectivity index (χ2v) is 7.34. The number of ether oxygens (including phenoxy) is 2. The molecule has 172 valence electrons. The molecule has 0 fully saturated rings. The number of nitrogens with zero attached hydrogens (tertiary/aromatic N) is 1. The van der Waals surface area contributed by atoms with Crippen molar-refractivity contribution in [2.24, 2.45) is 0 Å². The zero-order chi connectivity index (χ0) is 24.1. The van der Waals surface area contributed by atoms with E-state index >= 15 is 0 Å². The first kappa shape index (κ1) is 22.8. The number of pyridine rings is 1. The first-order valence-electron chi connectivity index (χ1n) is 10.4. The van der Waals surface area contributed by atoms with Gasteiger partial charge in [0.05, 0.1) is 22.5 Å². The molecule has 0 aliphatic carbocycles. The topological polar surface area (TPSA) is 77.5 Å². The summed E-state index contributed by atoms with van der Waals surface area (Å²) in [5.41, 5.74) is 3.05. The van der Waals surface area contributed by atoms with Crippen LogP contribution in [-0.4, -0.2) is 30.1 Å². The van der Waals surface area contributed by atoms with Crippen LogP contribution in [-0.2, 0) is 9.53 Å². The van der Waals surface area contributed by atoms with Crippen LogP contribution in [0.5, 0.6) is 5.75 Å². The Kier molecular flexibility index (Phi) is 6.77. The summed E-state index contributed by atoms with van der Waals surface area (Å²) in [6.45, 7) is -1.88. The third-order valence-electron chi connectivity index (χ3n) is 5.10. The smallest absolute Gasteiger partial charge is 0.387 e. The van der Waals surface area contributed by atoms with E-state index in [9.17, 15) is 18.4 Å². The van der Waals surface area contributed by atoms with E-state index in [1.807, 2.05) is 36.4 Å². The molecule has 3 aromatic carbocycles. The predicted molar refractivity (Wildman–Crippen MR) is 124 cm³/mol. The summed E-state index contributed by atoms with van der Waals surface area (Å²) in [5.74, 6) is -1.58. The first-order chi connectivity index (χ1) is 16.4. The van der Waals surface area contributed by atoms with Crippen LogP contribution in [0, 0.1) is 6.92 Å². The standard InChI is InChI=1S/C26H20F2N2O4/c1-16-23(18-11-5-6-12-19(18)30-24(16)17-9-3-2-4-10-17)25(32)33-15-22(31)29-20-13-7-8-14-21(20)34-26(27)28/h2-14,26H,15H2,1H3,(H,29,31). The van der Waals surface area contributed by atoms with Gasteiger partial charge in [0.25, 0.3) is 5.91 Å². The zero-order valence-electron chi connectivity index (χ0n) is 18.1. The number of benzene rings is 3. The summed E-state index contributed by atoms with van der Waals surface area (Å²) < 4.78 is 34.9. The van der Waals surface area contributed by atoms with Crippen molar-refractivity contribution in [3.8, 4) is 17.0 Å². The number of nitrogens with one attached hydrogen (secondary N) is 1. The van der Waals surface area contributed by atoms with Gasteiger partial charge < -0.3 is 14.8 Å². The minimum absolute atomic E-state index is 0.0424. The molecular weight excluding hydrogens is 442 g/mol. The number of halogens is 2. The lowest BCUT2D eigenvalue weighted by atomic mass is 9.98. The Bertz CT molecular complexity index is 1340. The van der Waals surface area contributed by atoms with Gasteiger partial charge in [-0.15, -0.1) is 0 Å². The van der Waals surface area contributed by atoms with Gasteiger partial charge in [0.2, 0.25) is 0 Å². The molecule has 0 unspecified atom stereocenters. The zero-order valence-corrected chi connectivity index (χ0v) is 18.1. The van der Waals surface area contributed by atoms with Crippen LogP contribution in [0.3, 0.4) is 0 Å². The average Bonchev–Trinajstić information content (AvgIpc) is 2.83. The third-order valence-corrected chi connectivity index (χ3v) is 5.10. The molecule has 0 aliphatic heterocycles. The minimum atomic E-state index is -3.04. The second-order valence-electron chi connectivity index (χ2n) is 7.34. The minimum Gasteiger partial charge on any atom is -0.452 e. The molecule has 4 rings (SSSR count). The summed E-state index contributed by atoms with van der Waals surface area (Å²) in [5, 5.41) is 3.02. The SMILES string of the molecule is Cc1c(-c2ccccc2)nc2ccccc2c1C(=O)OCC(=O)Nc1ccccc1OC(F)F. The molecular formula is C26H20F2N2O4. The largest absolute Gasteiger partial charge is 0.452 e. The third kappa shape index (κ3) is 5.01. The summed E-state index contributed by atoms with van der Waals surface area (Å²) >= 11 is 0. The van der Waals surface area contributed by atoms with Gasteiger partial charge in [-0.2, -0.15) is 8.78 Å². The van der Waals surface area contributed by atoms with E-state index in [1.54, 1.807) is 31.2 Å². The van der Waals surface area contributed by atoms with Crippen molar-refractivity contribution >= 4 is 28.5 Å². The molecule has 0 bridgehead atoms. The van der Waals surface area contributed by atoms with Gasteiger partial charge in [0.15, 0.2) is 6.61 Å². The maximum absolute atomic E-state index is 13.1. The molecule has 0 saturated carbocycles. The number of amides is 1. The highest BCUT2D eigenvalue weighted by Gasteiger charge is 2.21. The first-order valence-corrected chi connectivity index (χ1v) is 10.4. The molecule has 1 N–H and O–H groups in total. The number of esters is 1. The van der Waals surface area contributed by atoms with Crippen LogP contribution in [0.2, 0.25) is 0 Å². The van der Waals surface area contributed by atoms with E-state index in [2.05, 4.69) is 10.1 Å². The number of rotatable bonds is 7. The van der Waals surface area contributed by atoms with Crippen LogP contribution in [0.1, 0.15) is 15.9 Å². The van der Waals surface area contributed by atoms with Crippen LogP contribution >= 0.6 is 0 Å². The van der Waals surface area contributed by atoms with E-state index < -0.39 is 25.1 Å². The highest BCUT2D eigenvalue weighted by Crippen LogP contribution is 2.30. The Balaban J connectivity index is 1.57. The number of anilines is 1. The number of aromatic nitrogens is 1. The van der Waals surface area contributed by atoms with E-state index in [0.29, 0.717) is 27.7 Å². The van der Waals surface area contributed by atoms with Crippen molar-refractivity contribution in [2.75, 3.05) is 11.9 Å². The van der Waals surface area contributed by atoms with Gasteiger partial charge in [-0.1, -0.05) is 60.7 Å². The number of para-hydroxylation sites is 3. The maximum Gasteiger partial charge on any atom is 0.387 e. The van der Waals surface area contributed by atoms with E-state index in [0.717, 1.165) is 5.56 Å². The molecule has 4 aromatic rings. The van der Waals surface area contributed by atoms with Crippen molar-refractivity contribution in [2.45, 2.75) is 13.5 Å². The van der Waals surface area contributed by atoms with Gasteiger partial charge in [-0.05, 0) is 30.7 Å². The fraction of sp³-hybridized carbons (Fsp3) is 0.115. The normalized spacial score (nSPS) is 10.8. The van der Waals surface area contributed by atoms with Crippen molar-refractivity contribution in [1.29, 1.82) is 0 Å². The monoisotopic (exact) mass is 462 g/mol. The summed E-state index contributed by atoms with van der Waals surface area (Å²) in [7, 11) is 0. The van der Waals surface area contributed by atoms with E-state index in [1.165, 1.54) is 18.2 Å². The Hall–Kier alpha value is -4.33. The number of carbonyl (C=O) groups excluding carboxylic acids is 2. The number of hydrogen-bond donors (Lipinski definition) is 1. The fourth-order valence-corrected chi connectivity index (χ4v) is 3.61. The Morgan fingerprint density at radius 3 is 2.38 bits per heavy atom. The molecule has 34 heavy (non-hydrogen) atoms. The number of carbonyl (C=O) groups is 2. The van der Waals surface area contributed by atoms with Gasteiger partial charge in [0.1, 0.15) is 5.75 Å². The number of hydrogen-bond acceptors (Lipinski definition) is 5. The van der Waals surface area contributed by atoms with Crippen molar-refractivity contribution < 1.29 is 27.8 Å². The Labute approximate surface area is 194 Å². The quantitative estimate of drug-likeness (QED) is 0.362. The van der Waals surface area contributed by atoms with Crippen molar-refractivity contribution in [3.63, 3.8) is 0 Å². The maximum atomic E-state index is 13.1. The van der Waals surface area contributed by atoms with Crippen LogP contribution in [0.15, 0.2) is 78.9 Å². The predicted octanol–water partition coefficient (Wildman–Crippen LogP) is 5.61. The molecule has 0 spiro atoms. The number of fused-ring (bicyclic) bond motifs is 1. The lowest BCUT2D eigenvalue weighted by Gasteiger charge is -2.15. The molecule has 0 radical (unpaired) electrons. The van der Waals surface area contributed by atoms with Gasteiger partial charge in [0, 0.05) is 10.9 Å². The lowest BCUT2D eigenvalue weighted by molar-refractivity contribution is -0.119. The van der Waals surface area contributed by atoms with Crippen molar-refractivity contribution in [3.05, 3.63) is 90.0 Å². The molecule has 8 heteroatoms. The average molecular weight is 462 g/mol. The van der Waals surface area contributed by atoms with Crippen molar-refractivity contribution in [1.82, 2.24) is 4.98 Å². The Morgan fingerprint density at radius 1 is 0.941 bits per heavy atom. The fourth-order valence-electron chi connectivity index (χ4n) is 3.61. The number of alkyl halides is 2. The van der Waals surface area contributed by atoms with Crippen LogP contribution in [0.25, 0.3) is 22.2 Å². The molecule has 0 aliphatic rings. The van der Waals surface area contributed by atoms with Crippen LogP contribution < -0.4 is 10.1 Å². The highest BCUT2D eigenvalue weighted by atomic mass is 19.3. The molecule has 6 nitrogen and oxygen atoms in total. The molecule has 1 amide bonds. The molecule has 0 saturated heterocycles. The molecule has 1 aromatic heterocycles. The van der Waals surface area contributed by atoms with Crippen LogP contribution in [0.4, 0.5) is 14.5 Å². The lowest BCUT2D eigenvalue weighted by Crippen LogP contribution is -2.22. The van der Waals surface area contributed by atoms with Gasteiger partial charge in [-0.25, -0.2) is 9.78 Å². The summed E-state index contributed by atoms with van der Waals surface area (Å²) in [4.78, 5) is 30.2. The van der Waals surface area contributed by atoms with E-state index in [4.69, 9.17) is 9.72 Å². The molecule has 0 atom stereocenters.